The highest BCUT2D eigenvalue weighted by Crippen LogP contribution is 2.32. The number of hydrogen-bond donors (Lipinski definition) is 1. The minimum atomic E-state index is -5.02. The van der Waals surface area contributed by atoms with Gasteiger partial charge in [0.25, 0.3) is 0 Å². The molecule has 0 aliphatic carbocycles. The summed E-state index contributed by atoms with van der Waals surface area (Å²) in [5.41, 5.74) is 0. The molecule has 2 aliphatic heterocycles. The Kier molecular flexibility index (Phi) is 10.2. The molecule has 2 saturated heterocycles. The number of hydrogen-bond acceptors (Lipinski definition) is 13. The summed E-state index contributed by atoms with van der Waals surface area (Å²) in [6, 6.07) is 0. The topological polar surface area (TPSA) is 178 Å². The predicted molar refractivity (Wildman–Crippen MR) is 101 cm³/mol. The van der Waals surface area contributed by atoms with Crippen molar-refractivity contribution in [3.05, 3.63) is 0 Å². The van der Waals surface area contributed by atoms with Gasteiger partial charge in [0.2, 0.25) is 10.4 Å². The zero-order valence-electron chi connectivity index (χ0n) is 18.3. The van der Waals surface area contributed by atoms with Crippen molar-refractivity contribution in [2.24, 2.45) is 0 Å². The van der Waals surface area contributed by atoms with Gasteiger partial charge in [0, 0.05) is 35.5 Å². The van der Waals surface area contributed by atoms with Crippen molar-refractivity contribution in [1.29, 1.82) is 0 Å². The molecule has 2 heterocycles. The van der Waals surface area contributed by atoms with Gasteiger partial charge in [-0.2, -0.15) is 0 Å². The van der Waals surface area contributed by atoms with E-state index in [0.717, 1.165) is 0 Å². The Morgan fingerprint density at radius 2 is 1.53 bits per heavy atom. The number of ether oxygens (including phenoxy) is 8. The largest absolute Gasteiger partial charge is 0.726 e. The quantitative estimate of drug-likeness (QED) is 0.252. The Labute approximate surface area is 185 Å². The summed E-state index contributed by atoms with van der Waals surface area (Å²) in [5, 5.41) is 9.60. The molecule has 0 amide bonds. The zero-order chi connectivity index (χ0) is 24.1. The third kappa shape index (κ3) is 6.32. The van der Waals surface area contributed by atoms with Gasteiger partial charge >= 0.3 is 5.97 Å². The predicted octanol–water partition coefficient (Wildman–Crippen LogP) is -1.87. The molecule has 0 saturated carbocycles. The molecule has 2 fully saturated rings. The first-order chi connectivity index (χ1) is 15.1. The van der Waals surface area contributed by atoms with Crippen LogP contribution in [0.2, 0.25) is 0 Å². The van der Waals surface area contributed by atoms with E-state index >= 15 is 0 Å². The molecular weight excluding hydrogens is 460 g/mol. The van der Waals surface area contributed by atoms with Crippen LogP contribution in [0.15, 0.2) is 0 Å². The van der Waals surface area contributed by atoms with Gasteiger partial charge in [-0.1, -0.05) is 0 Å². The van der Waals surface area contributed by atoms with Crippen LogP contribution < -0.4 is 0 Å². The lowest BCUT2D eigenvalue weighted by Crippen LogP contribution is -2.65. The third-order valence-corrected chi connectivity index (χ3v) is 5.75. The lowest BCUT2D eigenvalue weighted by atomic mass is 9.96. The molecule has 0 aromatic carbocycles. The van der Waals surface area contributed by atoms with Crippen LogP contribution in [0.3, 0.4) is 0 Å². The van der Waals surface area contributed by atoms with Gasteiger partial charge in [0.15, 0.2) is 12.4 Å². The maximum atomic E-state index is 11.8. The van der Waals surface area contributed by atoms with Crippen LogP contribution in [-0.4, -0.2) is 128 Å². The second-order valence-corrected chi connectivity index (χ2v) is 8.06. The summed E-state index contributed by atoms with van der Waals surface area (Å²) in [5.74, 6) is -1.30. The molecule has 0 radical (unpaired) electrons. The first-order valence-corrected chi connectivity index (χ1v) is 10.8. The van der Waals surface area contributed by atoms with Crippen molar-refractivity contribution >= 4 is 16.4 Å². The fourth-order valence-electron chi connectivity index (χ4n) is 3.85. The number of methoxy groups -OCH3 is 5. The van der Waals surface area contributed by atoms with E-state index in [2.05, 4.69) is 4.18 Å². The molecule has 2 rings (SSSR count). The van der Waals surface area contributed by atoms with E-state index < -0.39 is 78.1 Å². The van der Waals surface area contributed by atoms with E-state index in [0.29, 0.717) is 0 Å². The number of rotatable bonds is 11. The lowest BCUT2D eigenvalue weighted by Gasteiger charge is -2.47. The summed E-state index contributed by atoms with van der Waals surface area (Å²) in [6.45, 7) is -0.742. The Morgan fingerprint density at radius 3 is 2.00 bits per heavy atom. The summed E-state index contributed by atoms with van der Waals surface area (Å²) in [6.07, 6.45) is -9.28. The monoisotopic (exact) mass is 489 g/mol. The minimum absolute atomic E-state index is 0.0463. The Hall–Kier alpha value is -0.980. The highest BCUT2D eigenvalue weighted by atomic mass is 32.3. The van der Waals surface area contributed by atoms with Crippen LogP contribution in [-0.2, 0) is 57.3 Å². The van der Waals surface area contributed by atoms with Crippen LogP contribution in [0.4, 0.5) is 0 Å². The normalized spacial score (nSPS) is 38.5. The van der Waals surface area contributed by atoms with E-state index in [1.807, 2.05) is 0 Å². The second-order valence-electron chi connectivity index (χ2n) is 7.00. The second kappa shape index (κ2) is 11.9. The molecule has 6 unspecified atom stereocenters. The van der Waals surface area contributed by atoms with Gasteiger partial charge in [-0.3, -0.25) is 4.18 Å². The summed E-state index contributed by atoms with van der Waals surface area (Å²) in [7, 11) is 1.78. The van der Waals surface area contributed by atoms with Crippen LogP contribution in [0.5, 0.6) is 0 Å². The average Bonchev–Trinajstić information content (AvgIpc) is 2.75. The molecule has 1 N–H and O–H groups in total. The molecule has 188 valence electrons. The van der Waals surface area contributed by atoms with Gasteiger partial charge in [-0.15, -0.1) is 0 Å². The van der Waals surface area contributed by atoms with Crippen molar-refractivity contribution in [2.45, 2.75) is 55.1 Å². The van der Waals surface area contributed by atoms with Crippen molar-refractivity contribution < 1.29 is 64.9 Å². The molecule has 32 heavy (non-hydrogen) atoms. The van der Waals surface area contributed by atoms with Crippen LogP contribution in [0, 0.1) is 0 Å². The number of aliphatic carboxylic acids is 1. The fraction of sp³-hybridized carbons (Fsp3) is 0.941. The molecular formula is C17H29O14S-. The summed E-state index contributed by atoms with van der Waals surface area (Å²) < 4.78 is 81.3. The van der Waals surface area contributed by atoms with Crippen LogP contribution >= 0.6 is 0 Å². The molecule has 2 aliphatic rings. The van der Waals surface area contributed by atoms with Crippen LogP contribution in [0.1, 0.15) is 0 Å². The fourth-order valence-corrected chi connectivity index (χ4v) is 4.15. The molecule has 0 bridgehead atoms. The lowest BCUT2D eigenvalue weighted by molar-refractivity contribution is -0.342. The van der Waals surface area contributed by atoms with E-state index in [9.17, 15) is 22.9 Å². The Morgan fingerprint density at radius 1 is 0.938 bits per heavy atom. The summed E-state index contributed by atoms with van der Waals surface area (Å²) >= 11 is 0. The van der Waals surface area contributed by atoms with Crippen molar-refractivity contribution in [2.75, 3.05) is 48.8 Å². The standard InChI is InChI=1S/C17H30O14S/c1-23-8-6-28-14(16(18)19)13(10(8)24-2)31-17-15(27-5)12(26-4)11(25-3)9(30-17)7-29-32(20,21)22/h8-15,17H,6-7H2,1-5H3,(H,18,19)(H,20,21,22)/p-1/t8?,9?,10?,11-,12?,13-,14?,15?,17+/m1/s1. The zero-order valence-corrected chi connectivity index (χ0v) is 19.1. The van der Waals surface area contributed by atoms with E-state index in [1.54, 1.807) is 0 Å². The van der Waals surface area contributed by atoms with E-state index in [4.69, 9.17) is 37.9 Å². The van der Waals surface area contributed by atoms with Crippen molar-refractivity contribution in [3.63, 3.8) is 0 Å². The Balaban J connectivity index is 2.34. The SMILES string of the molecule is COC1COC(C(=O)O)[C@H](O[C@@H]2OC(COS(=O)(=O)[O-])[C@@H](OC)C(OC)C2OC)C1OC. The first kappa shape index (κ1) is 27.3. The van der Waals surface area contributed by atoms with Gasteiger partial charge in [-0.25, -0.2) is 13.2 Å². The molecule has 14 nitrogen and oxygen atoms in total. The minimum Gasteiger partial charge on any atom is -0.726 e. The third-order valence-electron chi connectivity index (χ3n) is 5.32. The summed E-state index contributed by atoms with van der Waals surface area (Å²) in [4.78, 5) is 11.8. The van der Waals surface area contributed by atoms with Gasteiger partial charge in [-0.05, 0) is 0 Å². The highest BCUT2D eigenvalue weighted by Gasteiger charge is 2.52. The number of carboxylic acid groups (broad SMARTS) is 1. The van der Waals surface area contributed by atoms with Gasteiger partial charge in [0.05, 0.1) is 13.2 Å². The molecule has 0 aromatic heterocycles. The average molecular weight is 489 g/mol. The molecule has 9 atom stereocenters. The van der Waals surface area contributed by atoms with Gasteiger partial charge < -0.3 is 47.6 Å². The molecule has 0 aromatic rings. The smallest absolute Gasteiger partial charge is 0.335 e. The highest BCUT2D eigenvalue weighted by molar-refractivity contribution is 7.80. The number of carbonyl (C=O) groups is 1. The van der Waals surface area contributed by atoms with Crippen LogP contribution in [0.25, 0.3) is 0 Å². The van der Waals surface area contributed by atoms with Gasteiger partial charge in [0.1, 0.15) is 42.7 Å². The molecule has 0 spiro atoms. The van der Waals surface area contributed by atoms with E-state index in [-0.39, 0.29) is 6.61 Å². The molecule has 15 heteroatoms. The number of carboxylic acids is 1. The maximum absolute atomic E-state index is 11.8. The maximum Gasteiger partial charge on any atom is 0.335 e. The van der Waals surface area contributed by atoms with Crippen molar-refractivity contribution in [3.8, 4) is 0 Å². The Bertz CT molecular complexity index is 701. The van der Waals surface area contributed by atoms with E-state index in [1.165, 1.54) is 35.5 Å². The first-order valence-electron chi connectivity index (χ1n) is 9.51. The van der Waals surface area contributed by atoms with Crippen molar-refractivity contribution in [1.82, 2.24) is 0 Å².